The van der Waals surface area contributed by atoms with E-state index in [0.717, 1.165) is 6.42 Å². The maximum absolute atomic E-state index is 12.3. The molecular weight excluding hydrogens is 354 g/mol. The Bertz CT molecular complexity index is 963. The van der Waals surface area contributed by atoms with Crippen LogP contribution in [0.2, 0.25) is 0 Å². The Kier molecular flexibility index (Phi) is 4.99. The number of hydrazone groups is 1. The Hall–Kier alpha value is -3.53. The third-order valence-electron chi connectivity index (χ3n) is 4.27. The number of nitrogens with zero attached hydrogens (tertiary/aromatic N) is 2. The van der Waals surface area contributed by atoms with E-state index in [1.165, 1.54) is 24.3 Å². The Morgan fingerprint density at radius 1 is 1.30 bits per heavy atom. The van der Waals surface area contributed by atoms with Gasteiger partial charge in [0, 0.05) is 35.2 Å². The number of carbonyl (C=O) groups excluding carboxylic acids is 2. The van der Waals surface area contributed by atoms with Gasteiger partial charge in [-0.1, -0.05) is 6.07 Å². The van der Waals surface area contributed by atoms with Crippen molar-refractivity contribution in [2.45, 2.75) is 26.2 Å². The predicted molar refractivity (Wildman–Crippen MR) is 95.1 cm³/mol. The lowest BCUT2D eigenvalue weighted by Crippen LogP contribution is -2.30. The van der Waals surface area contributed by atoms with Gasteiger partial charge in [0.1, 0.15) is 5.76 Å². The second-order valence-electron chi connectivity index (χ2n) is 5.99. The Morgan fingerprint density at radius 3 is 2.78 bits per heavy atom. The summed E-state index contributed by atoms with van der Waals surface area (Å²) in [5, 5.41) is 15.0. The number of nitrogens with two attached hydrogens (primary N) is 1. The summed E-state index contributed by atoms with van der Waals surface area (Å²) in [5.74, 6) is 4.78. The number of amides is 2. The molecule has 0 spiro atoms. The molecule has 0 fully saturated rings. The summed E-state index contributed by atoms with van der Waals surface area (Å²) in [4.78, 5) is 34.3. The molecule has 0 saturated carbocycles. The van der Waals surface area contributed by atoms with Crippen LogP contribution >= 0.6 is 0 Å². The monoisotopic (exact) mass is 371 g/mol. The number of nitro benzene ring substituents is 1. The molecule has 1 aliphatic rings. The minimum atomic E-state index is -0.574. The highest BCUT2D eigenvalue weighted by atomic mass is 16.6. The number of nitro groups is 1. The van der Waals surface area contributed by atoms with Gasteiger partial charge < -0.3 is 4.42 Å². The van der Waals surface area contributed by atoms with E-state index in [-0.39, 0.29) is 17.0 Å². The van der Waals surface area contributed by atoms with Gasteiger partial charge in [0.05, 0.1) is 10.6 Å². The van der Waals surface area contributed by atoms with E-state index < -0.39 is 16.7 Å². The second-order valence-corrected chi connectivity index (χ2v) is 5.99. The van der Waals surface area contributed by atoms with Gasteiger partial charge in [-0.15, -0.1) is 0 Å². The summed E-state index contributed by atoms with van der Waals surface area (Å²) >= 11 is 0. The molecule has 27 heavy (non-hydrogen) atoms. The number of fused-ring (bicyclic) bond motifs is 1. The number of benzene rings is 1. The fourth-order valence-corrected chi connectivity index (χ4v) is 3.01. The fourth-order valence-electron chi connectivity index (χ4n) is 3.01. The highest BCUT2D eigenvalue weighted by Crippen LogP contribution is 2.29. The first-order valence-corrected chi connectivity index (χ1v) is 8.17. The van der Waals surface area contributed by atoms with Crippen LogP contribution in [0.5, 0.6) is 0 Å². The quantitative estimate of drug-likeness (QED) is 0.321. The van der Waals surface area contributed by atoms with Crippen molar-refractivity contribution < 1.29 is 18.9 Å². The summed E-state index contributed by atoms with van der Waals surface area (Å²) in [6, 6.07) is 5.36. The molecule has 1 aromatic heterocycles. The first kappa shape index (κ1) is 18.3. The Labute approximate surface area is 153 Å². The van der Waals surface area contributed by atoms with E-state index in [4.69, 9.17) is 10.3 Å². The molecule has 3 rings (SSSR count). The molecule has 0 bridgehead atoms. The topological polar surface area (TPSA) is 153 Å². The molecule has 10 heteroatoms. The standard InChI is InChI=1S/C17H17N5O5/c1-9-14-12(6-3-7-13(14)27-15(9)17(24)19-18)20-21-16(23)10-4-2-5-11(8-10)22(25)26/h2,4-5,8H,3,6-7,18H2,1H3,(H,19,24)(H,21,23)/b20-12+. The van der Waals surface area contributed by atoms with Gasteiger partial charge in [0.25, 0.3) is 11.6 Å². The summed E-state index contributed by atoms with van der Waals surface area (Å²) in [5.41, 5.74) is 6.24. The van der Waals surface area contributed by atoms with Crippen molar-refractivity contribution >= 4 is 23.2 Å². The molecule has 2 aromatic rings. The van der Waals surface area contributed by atoms with Crippen LogP contribution in [0.3, 0.4) is 0 Å². The van der Waals surface area contributed by atoms with Crippen molar-refractivity contribution in [1.82, 2.24) is 10.9 Å². The maximum atomic E-state index is 12.3. The van der Waals surface area contributed by atoms with Crippen molar-refractivity contribution in [2.75, 3.05) is 0 Å². The van der Waals surface area contributed by atoms with Gasteiger partial charge in [0.15, 0.2) is 5.76 Å². The van der Waals surface area contributed by atoms with Gasteiger partial charge in [-0.2, -0.15) is 5.10 Å². The van der Waals surface area contributed by atoms with Crippen LogP contribution in [0.25, 0.3) is 0 Å². The number of hydrazine groups is 1. The number of hydrogen-bond donors (Lipinski definition) is 3. The molecule has 0 saturated heterocycles. The average Bonchev–Trinajstić information content (AvgIpc) is 3.02. The molecule has 4 N–H and O–H groups in total. The SMILES string of the molecule is Cc1c(C(=O)NN)oc2c1/C(=N/NC(=O)c1cccc([N+](=O)[O-])c1)CCC2. The molecule has 10 nitrogen and oxygen atoms in total. The van der Waals surface area contributed by atoms with Gasteiger partial charge in [-0.3, -0.25) is 25.1 Å². The highest BCUT2D eigenvalue weighted by Gasteiger charge is 2.27. The Balaban J connectivity index is 1.86. The maximum Gasteiger partial charge on any atom is 0.301 e. The van der Waals surface area contributed by atoms with E-state index in [0.29, 0.717) is 35.4 Å². The number of hydrogen-bond acceptors (Lipinski definition) is 7. The van der Waals surface area contributed by atoms with Crippen LogP contribution in [0.15, 0.2) is 33.8 Å². The summed E-state index contributed by atoms with van der Waals surface area (Å²) < 4.78 is 5.59. The van der Waals surface area contributed by atoms with Crippen molar-refractivity contribution in [3.05, 3.63) is 62.6 Å². The van der Waals surface area contributed by atoms with E-state index in [1.54, 1.807) is 6.92 Å². The second kappa shape index (κ2) is 7.38. The zero-order valence-electron chi connectivity index (χ0n) is 14.4. The first-order valence-electron chi connectivity index (χ1n) is 8.17. The van der Waals surface area contributed by atoms with Crippen LogP contribution in [-0.4, -0.2) is 22.4 Å². The van der Waals surface area contributed by atoms with Crippen LogP contribution in [-0.2, 0) is 6.42 Å². The van der Waals surface area contributed by atoms with Crippen molar-refractivity contribution in [1.29, 1.82) is 0 Å². The number of nitrogen functional groups attached to an aromatic ring is 1. The number of nitrogens with one attached hydrogen (secondary N) is 2. The normalized spacial score (nSPS) is 14.5. The summed E-state index contributed by atoms with van der Waals surface area (Å²) in [6.45, 7) is 1.72. The molecule has 140 valence electrons. The molecule has 0 radical (unpaired) electrons. The van der Waals surface area contributed by atoms with E-state index in [1.807, 2.05) is 5.43 Å². The van der Waals surface area contributed by atoms with Gasteiger partial charge in [-0.05, 0) is 25.8 Å². The lowest BCUT2D eigenvalue weighted by Gasteiger charge is -2.13. The third kappa shape index (κ3) is 3.55. The van der Waals surface area contributed by atoms with E-state index in [2.05, 4.69) is 10.5 Å². The number of rotatable bonds is 4. The number of aryl methyl sites for hydroxylation is 1. The molecule has 1 aromatic carbocycles. The summed E-state index contributed by atoms with van der Waals surface area (Å²) in [7, 11) is 0. The molecule has 0 unspecified atom stereocenters. The Morgan fingerprint density at radius 2 is 2.07 bits per heavy atom. The summed E-state index contributed by atoms with van der Waals surface area (Å²) in [6.07, 6.45) is 1.98. The van der Waals surface area contributed by atoms with Crippen molar-refractivity contribution in [2.24, 2.45) is 10.9 Å². The molecular formula is C17H17N5O5. The van der Waals surface area contributed by atoms with Gasteiger partial charge in [-0.25, -0.2) is 11.3 Å². The fraction of sp³-hybridized carbons (Fsp3) is 0.235. The minimum Gasteiger partial charge on any atom is -0.455 e. The van der Waals surface area contributed by atoms with Crippen LogP contribution in [0, 0.1) is 17.0 Å². The molecule has 0 aliphatic heterocycles. The lowest BCUT2D eigenvalue weighted by atomic mass is 9.93. The zero-order chi connectivity index (χ0) is 19.6. The van der Waals surface area contributed by atoms with E-state index in [9.17, 15) is 19.7 Å². The molecule has 0 atom stereocenters. The molecule has 1 heterocycles. The largest absolute Gasteiger partial charge is 0.455 e. The van der Waals surface area contributed by atoms with Crippen molar-refractivity contribution in [3.63, 3.8) is 0 Å². The third-order valence-corrected chi connectivity index (χ3v) is 4.27. The molecule has 1 aliphatic carbocycles. The average molecular weight is 371 g/mol. The first-order chi connectivity index (χ1) is 12.9. The number of non-ortho nitro benzene ring substituents is 1. The minimum absolute atomic E-state index is 0.113. The highest BCUT2D eigenvalue weighted by molar-refractivity contribution is 6.07. The van der Waals surface area contributed by atoms with Gasteiger partial charge in [0.2, 0.25) is 0 Å². The number of carbonyl (C=O) groups is 2. The lowest BCUT2D eigenvalue weighted by molar-refractivity contribution is -0.384. The van der Waals surface area contributed by atoms with E-state index >= 15 is 0 Å². The van der Waals surface area contributed by atoms with Gasteiger partial charge >= 0.3 is 5.91 Å². The number of furan rings is 1. The van der Waals surface area contributed by atoms with Crippen molar-refractivity contribution in [3.8, 4) is 0 Å². The zero-order valence-corrected chi connectivity index (χ0v) is 14.4. The van der Waals surface area contributed by atoms with Crippen LogP contribution in [0.1, 0.15) is 50.6 Å². The predicted octanol–water partition coefficient (Wildman–Crippen LogP) is 1.57. The smallest absolute Gasteiger partial charge is 0.301 e. The van der Waals surface area contributed by atoms with Crippen LogP contribution < -0.4 is 16.7 Å². The molecule has 2 amide bonds. The van der Waals surface area contributed by atoms with Crippen LogP contribution in [0.4, 0.5) is 5.69 Å².